The van der Waals surface area contributed by atoms with Gasteiger partial charge in [-0.05, 0) is 0 Å². The van der Waals surface area contributed by atoms with Gasteiger partial charge in [0, 0.05) is 0 Å². The molecule has 104 valence electrons. The summed E-state index contributed by atoms with van der Waals surface area (Å²) < 4.78 is 5.77. The van der Waals surface area contributed by atoms with Crippen molar-refractivity contribution in [2.45, 2.75) is 59.3 Å². The number of hydrogen-bond donors (Lipinski definition) is 0. The van der Waals surface area contributed by atoms with Crippen LogP contribution >= 0.6 is 6.83 Å². The first kappa shape index (κ1) is 16.9. The van der Waals surface area contributed by atoms with Gasteiger partial charge in [0.25, 0.3) is 0 Å². The van der Waals surface area contributed by atoms with Gasteiger partial charge < -0.3 is 0 Å². The molecule has 0 rings (SSSR count). The van der Waals surface area contributed by atoms with Crippen LogP contribution in [0.1, 0.15) is 59.3 Å². The van der Waals surface area contributed by atoms with E-state index in [0.29, 0.717) is 0 Å². The van der Waals surface area contributed by atoms with Crippen molar-refractivity contribution in [1.29, 1.82) is 0 Å². The zero-order valence-electron chi connectivity index (χ0n) is 12.2. The predicted molar refractivity (Wildman–Crippen MR) is 79.3 cm³/mol. The van der Waals surface area contributed by atoms with E-state index in [4.69, 9.17) is 4.52 Å². The van der Waals surface area contributed by atoms with Crippen LogP contribution in [0, 0.1) is 0 Å². The molecule has 0 aliphatic heterocycles. The molecule has 3 heteroatoms. The Morgan fingerprint density at radius 1 is 0.882 bits per heavy atom. The molecule has 0 aromatic rings. The molecule has 0 aliphatic rings. The Labute approximate surface area is 108 Å². The summed E-state index contributed by atoms with van der Waals surface area (Å²) in [5, 5.41) is 0. The van der Waals surface area contributed by atoms with Crippen LogP contribution in [0.2, 0.25) is 0 Å². The molecule has 17 heavy (non-hydrogen) atoms. The van der Waals surface area contributed by atoms with E-state index in [1.54, 1.807) is 0 Å². The van der Waals surface area contributed by atoms with Gasteiger partial charge in [0.05, 0.1) is 0 Å². The summed E-state index contributed by atoms with van der Waals surface area (Å²) in [4.78, 5) is 10.9. The molecule has 0 aromatic carbocycles. The molecule has 2 nitrogen and oxygen atoms in total. The van der Waals surface area contributed by atoms with E-state index in [0.717, 1.165) is 25.0 Å². The third-order valence-electron chi connectivity index (χ3n) is 3.80. The van der Waals surface area contributed by atoms with E-state index >= 15 is 0 Å². The monoisotopic (exact) mass is 262 g/mol. The quantitative estimate of drug-likeness (QED) is 0.400. The zero-order chi connectivity index (χ0) is 13.2. The number of carbonyl (C=O) groups is 1. The normalized spacial score (nSPS) is 14.0. The molecule has 0 unspecified atom stereocenters. The van der Waals surface area contributed by atoms with E-state index in [2.05, 4.69) is 27.4 Å². The number of rotatable bonds is 11. The van der Waals surface area contributed by atoms with Crippen molar-refractivity contribution in [3.63, 3.8) is 0 Å². The number of unbranched alkanes of at least 4 members (excludes halogenated alkanes) is 3. The Kier molecular flexibility index (Phi) is 8.03. The summed E-state index contributed by atoms with van der Waals surface area (Å²) in [6.07, 6.45) is 10.5. The summed E-state index contributed by atoms with van der Waals surface area (Å²) in [6, 6.07) is 0. The van der Waals surface area contributed by atoms with Gasteiger partial charge in [-0.1, -0.05) is 0 Å². The van der Waals surface area contributed by atoms with Gasteiger partial charge in [-0.25, -0.2) is 0 Å². The molecule has 0 saturated heterocycles. The minimum absolute atomic E-state index is 0.721. The molecular formula is C14H31O2P. The van der Waals surface area contributed by atoms with Gasteiger partial charge in [-0.3, -0.25) is 0 Å². The first-order chi connectivity index (χ1) is 8.04. The topological polar surface area (TPSA) is 26.3 Å². The summed E-state index contributed by atoms with van der Waals surface area (Å²) in [5.41, 5.74) is 0. The molecule has 0 amide bonds. The molecule has 0 saturated carbocycles. The van der Waals surface area contributed by atoms with Crippen LogP contribution < -0.4 is 0 Å². The zero-order valence-corrected chi connectivity index (χ0v) is 13.1. The molecular weight excluding hydrogens is 231 g/mol. The molecule has 0 heterocycles. The number of carbonyl (C=O) groups excluding carboxylic acids is 1. The van der Waals surface area contributed by atoms with Gasteiger partial charge in [0.2, 0.25) is 0 Å². The average Bonchev–Trinajstić information content (AvgIpc) is 2.33. The van der Waals surface area contributed by atoms with Crippen LogP contribution in [0.15, 0.2) is 0 Å². The van der Waals surface area contributed by atoms with Crippen LogP contribution in [0.25, 0.3) is 0 Å². The Morgan fingerprint density at radius 2 is 1.24 bits per heavy atom. The van der Waals surface area contributed by atoms with Crippen molar-refractivity contribution < 1.29 is 9.32 Å². The Morgan fingerprint density at radius 3 is 1.47 bits per heavy atom. The second-order valence-electron chi connectivity index (χ2n) is 5.62. The van der Waals surface area contributed by atoms with Crippen molar-refractivity contribution >= 4 is 13.3 Å². The van der Waals surface area contributed by atoms with Gasteiger partial charge in [-0.15, -0.1) is 0 Å². The molecule has 0 spiro atoms. The minimum atomic E-state index is -2.21. The van der Waals surface area contributed by atoms with E-state index in [9.17, 15) is 4.79 Å². The molecule has 0 bridgehead atoms. The van der Waals surface area contributed by atoms with Crippen molar-refractivity contribution in [2.75, 3.05) is 25.2 Å². The van der Waals surface area contributed by atoms with Crippen molar-refractivity contribution in [3.05, 3.63) is 0 Å². The van der Waals surface area contributed by atoms with E-state index < -0.39 is 6.83 Å². The molecule has 0 aromatic heterocycles. The Balaban J connectivity index is 4.82. The summed E-state index contributed by atoms with van der Waals surface area (Å²) >= 11 is 0. The maximum atomic E-state index is 10.9. The molecule has 0 N–H and O–H groups in total. The fraction of sp³-hybridized carbons (Fsp3) is 0.929. The standard InChI is InChI=1S/C14H31O2P/c1-5-8-11-17(4,16-14-15,12-9-6-2)13-10-7-3/h14H,5-13H2,1-4H3. The van der Waals surface area contributed by atoms with Crippen LogP contribution in [-0.2, 0) is 9.32 Å². The van der Waals surface area contributed by atoms with Gasteiger partial charge in [-0.2, -0.15) is 0 Å². The van der Waals surface area contributed by atoms with E-state index in [1.807, 2.05) is 0 Å². The average molecular weight is 262 g/mol. The summed E-state index contributed by atoms with van der Waals surface area (Å²) in [5.74, 6) is 0. The van der Waals surface area contributed by atoms with Crippen molar-refractivity contribution in [2.24, 2.45) is 0 Å². The maximum absolute atomic E-state index is 10.9. The Hall–Kier alpha value is -0.100. The molecule has 0 fully saturated rings. The van der Waals surface area contributed by atoms with E-state index in [1.165, 1.54) is 38.5 Å². The fourth-order valence-corrected chi connectivity index (χ4v) is 7.32. The predicted octanol–water partition coefficient (Wildman–Crippen LogP) is 4.66. The fourth-order valence-electron chi connectivity index (χ4n) is 2.44. The first-order valence-corrected chi connectivity index (χ1v) is 10.3. The van der Waals surface area contributed by atoms with Crippen LogP contribution in [-0.4, -0.2) is 31.6 Å². The third-order valence-corrected chi connectivity index (χ3v) is 9.28. The van der Waals surface area contributed by atoms with Gasteiger partial charge in [0.15, 0.2) is 0 Å². The van der Waals surface area contributed by atoms with E-state index in [-0.39, 0.29) is 0 Å². The summed E-state index contributed by atoms with van der Waals surface area (Å²) in [6.45, 7) is 7.44. The number of hydrogen-bond acceptors (Lipinski definition) is 2. The first-order valence-electron chi connectivity index (χ1n) is 7.17. The van der Waals surface area contributed by atoms with Gasteiger partial charge >= 0.3 is 107 Å². The Bertz CT molecular complexity index is 192. The molecule has 0 aliphatic carbocycles. The van der Waals surface area contributed by atoms with Crippen LogP contribution in [0.4, 0.5) is 0 Å². The van der Waals surface area contributed by atoms with Crippen LogP contribution in [0.5, 0.6) is 0 Å². The molecule has 0 atom stereocenters. The third kappa shape index (κ3) is 5.86. The molecule has 0 radical (unpaired) electrons. The van der Waals surface area contributed by atoms with Crippen molar-refractivity contribution in [3.8, 4) is 0 Å². The van der Waals surface area contributed by atoms with Crippen molar-refractivity contribution in [1.82, 2.24) is 0 Å². The van der Waals surface area contributed by atoms with Crippen LogP contribution in [0.3, 0.4) is 0 Å². The second-order valence-corrected chi connectivity index (χ2v) is 11.6. The van der Waals surface area contributed by atoms with Gasteiger partial charge in [0.1, 0.15) is 0 Å². The second kappa shape index (κ2) is 8.08. The summed E-state index contributed by atoms with van der Waals surface area (Å²) in [7, 11) is 0. The SMILES string of the molecule is CCCCP(C)(CCCC)(CCCC)OC=O.